The predicted molar refractivity (Wildman–Crippen MR) is 99.9 cm³/mol. The van der Waals surface area contributed by atoms with Crippen LogP contribution in [-0.2, 0) is 16.0 Å². The summed E-state index contributed by atoms with van der Waals surface area (Å²) in [5.74, 6) is -1.23. The highest BCUT2D eigenvalue weighted by atomic mass is 19.1. The Bertz CT molecular complexity index is 918. The molecule has 28 heavy (non-hydrogen) atoms. The molecule has 0 spiro atoms. The number of rotatable bonds is 3. The van der Waals surface area contributed by atoms with E-state index in [4.69, 9.17) is 0 Å². The molecule has 6 nitrogen and oxygen atoms in total. The lowest BCUT2D eigenvalue weighted by Gasteiger charge is -2.45. The molecule has 2 aliphatic heterocycles. The highest BCUT2D eigenvalue weighted by molar-refractivity contribution is 5.99. The van der Waals surface area contributed by atoms with E-state index in [1.54, 1.807) is 11.0 Å². The number of carbonyl (C=O) groups excluding carboxylic acids is 3. The van der Waals surface area contributed by atoms with E-state index in [2.05, 4.69) is 5.32 Å². The minimum atomic E-state index is -0.717. The second kappa shape index (κ2) is 7.42. The molecule has 0 aromatic heterocycles. The number of benzene rings is 2. The molecule has 0 saturated carbocycles. The summed E-state index contributed by atoms with van der Waals surface area (Å²) in [6.45, 7) is 0.692. The van der Waals surface area contributed by atoms with Crippen LogP contribution in [-0.4, -0.2) is 59.2 Å². The van der Waals surface area contributed by atoms with Crippen LogP contribution in [0, 0.1) is 5.82 Å². The summed E-state index contributed by atoms with van der Waals surface area (Å²) >= 11 is 0. The van der Waals surface area contributed by atoms with Crippen molar-refractivity contribution < 1.29 is 18.8 Å². The number of fused-ring (bicyclic) bond motifs is 1. The molecular weight excluding hydrogens is 361 g/mol. The fraction of sp³-hybridized carbons (Fsp3) is 0.286. The Morgan fingerprint density at radius 1 is 1.07 bits per heavy atom. The highest BCUT2D eigenvalue weighted by Crippen LogP contribution is 2.20. The van der Waals surface area contributed by atoms with Crippen LogP contribution in [0.2, 0.25) is 0 Å². The van der Waals surface area contributed by atoms with Crippen LogP contribution in [0.1, 0.15) is 15.9 Å². The normalized spacial score (nSPS) is 21.9. The van der Waals surface area contributed by atoms with E-state index < -0.39 is 17.9 Å². The molecule has 0 aliphatic carbocycles. The van der Waals surface area contributed by atoms with Gasteiger partial charge < -0.3 is 15.1 Å². The molecule has 0 unspecified atom stereocenters. The topological polar surface area (TPSA) is 69.7 Å². The summed E-state index contributed by atoms with van der Waals surface area (Å²) in [7, 11) is 0. The molecule has 0 bridgehead atoms. The predicted octanol–water partition coefficient (Wildman–Crippen LogP) is 1.22. The summed E-state index contributed by atoms with van der Waals surface area (Å²) < 4.78 is 13.4. The van der Waals surface area contributed by atoms with Crippen molar-refractivity contribution in [3.05, 3.63) is 71.5 Å². The maximum atomic E-state index is 13.4. The number of nitrogens with one attached hydrogen (secondary N) is 1. The third-order valence-electron chi connectivity index (χ3n) is 5.22. The monoisotopic (exact) mass is 381 g/mol. The Morgan fingerprint density at radius 2 is 1.86 bits per heavy atom. The first kappa shape index (κ1) is 18.2. The van der Waals surface area contributed by atoms with Crippen molar-refractivity contribution in [2.24, 2.45) is 0 Å². The van der Waals surface area contributed by atoms with Gasteiger partial charge in [0.25, 0.3) is 5.91 Å². The van der Waals surface area contributed by atoms with Crippen molar-refractivity contribution in [1.82, 2.24) is 15.1 Å². The van der Waals surface area contributed by atoms with Crippen molar-refractivity contribution in [1.29, 1.82) is 0 Å². The van der Waals surface area contributed by atoms with Crippen LogP contribution < -0.4 is 5.32 Å². The summed E-state index contributed by atoms with van der Waals surface area (Å²) in [6.07, 6.45) is 0.431. The molecule has 4 rings (SSSR count). The molecule has 144 valence electrons. The fourth-order valence-electron chi connectivity index (χ4n) is 3.78. The Balaban J connectivity index is 1.46. The zero-order chi connectivity index (χ0) is 19.7. The maximum Gasteiger partial charge on any atom is 0.254 e. The molecule has 2 fully saturated rings. The lowest BCUT2D eigenvalue weighted by Crippen LogP contribution is -2.70. The van der Waals surface area contributed by atoms with Gasteiger partial charge in [0.2, 0.25) is 11.8 Å². The average Bonchev–Trinajstić information content (AvgIpc) is 2.71. The lowest BCUT2D eigenvalue weighted by molar-refractivity contribution is -0.152. The Hall–Kier alpha value is -3.22. The smallest absolute Gasteiger partial charge is 0.254 e. The van der Waals surface area contributed by atoms with Gasteiger partial charge in [-0.15, -0.1) is 0 Å². The number of carbonyl (C=O) groups is 3. The number of piperazine rings is 2. The molecule has 7 heteroatoms. The van der Waals surface area contributed by atoms with E-state index in [1.165, 1.54) is 23.1 Å². The van der Waals surface area contributed by atoms with Crippen LogP contribution in [0.25, 0.3) is 0 Å². The molecule has 2 saturated heterocycles. The molecular formula is C21H20FN3O3. The van der Waals surface area contributed by atoms with E-state index in [1.807, 2.05) is 30.3 Å². The van der Waals surface area contributed by atoms with Crippen LogP contribution in [0.3, 0.4) is 0 Å². The second-order valence-corrected chi connectivity index (χ2v) is 7.06. The largest absolute Gasteiger partial charge is 0.342 e. The number of hydrogen-bond acceptors (Lipinski definition) is 3. The SMILES string of the molecule is O=C1N[C@H](Cc2ccccc2)C(=O)N2CCN(C(=O)c3cccc(F)c3)C[C@H]12. The Morgan fingerprint density at radius 3 is 2.61 bits per heavy atom. The average molecular weight is 381 g/mol. The van der Waals surface area contributed by atoms with Gasteiger partial charge in [0, 0.05) is 25.1 Å². The first-order chi connectivity index (χ1) is 13.5. The van der Waals surface area contributed by atoms with Crippen LogP contribution >= 0.6 is 0 Å². The number of hydrogen-bond donors (Lipinski definition) is 1. The van der Waals surface area contributed by atoms with Gasteiger partial charge in [-0.05, 0) is 23.8 Å². The van der Waals surface area contributed by atoms with E-state index >= 15 is 0 Å². The highest BCUT2D eigenvalue weighted by Gasteiger charge is 2.44. The maximum absolute atomic E-state index is 13.4. The molecule has 0 radical (unpaired) electrons. The molecule has 2 heterocycles. The van der Waals surface area contributed by atoms with E-state index in [9.17, 15) is 18.8 Å². The van der Waals surface area contributed by atoms with Crippen LogP contribution in [0.15, 0.2) is 54.6 Å². The first-order valence-corrected chi connectivity index (χ1v) is 9.22. The van der Waals surface area contributed by atoms with Crippen molar-refractivity contribution in [3.8, 4) is 0 Å². The lowest BCUT2D eigenvalue weighted by atomic mass is 9.98. The summed E-state index contributed by atoms with van der Waals surface area (Å²) in [5.41, 5.74) is 1.21. The fourth-order valence-corrected chi connectivity index (χ4v) is 3.78. The molecule has 2 aromatic rings. The van der Waals surface area contributed by atoms with Gasteiger partial charge in [0.1, 0.15) is 17.9 Å². The summed E-state index contributed by atoms with van der Waals surface area (Å²) in [5, 5.41) is 2.79. The Kier molecular flexibility index (Phi) is 4.81. The molecule has 2 atom stereocenters. The number of amides is 3. The number of halogens is 1. The Labute approximate surface area is 161 Å². The summed E-state index contributed by atoms with van der Waals surface area (Å²) in [6, 6.07) is 13.7. The first-order valence-electron chi connectivity index (χ1n) is 9.22. The quantitative estimate of drug-likeness (QED) is 0.869. The van der Waals surface area contributed by atoms with Gasteiger partial charge in [-0.2, -0.15) is 0 Å². The van der Waals surface area contributed by atoms with Gasteiger partial charge in [0.05, 0.1) is 6.54 Å². The van der Waals surface area contributed by atoms with Gasteiger partial charge in [0.15, 0.2) is 0 Å². The van der Waals surface area contributed by atoms with E-state index in [-0.39, 0.29) is 36.4 Å². The molecule has 2 aliphatic rings. The van der Waals surface area contributed by atoms with Gasteiger partial charge in [-0.1, -0.05) is 36.4 Å². The van der Waals surface area contributed by atoms with Crippen molar-refractivity contribution in [2.45, 2.75) is 18.5 Å². The van der Waals surface area contributed by atoms with Crippen LogP contribution in [0.4, 0.5) is 4.39 Å². The molecule has 3 amide bonds. The second-order valence-electron chi connectivity index (χ2n) is 7.06. The van der Waals surface area contributed by atoms with Crippen molar-refractivity contribution in [3.63, 3.8) is 0 Å². The van der Waals surface area contributed by atoms with Gasteiger partial charge in [-0.3, -0.25) is 14.4 Å². The minimum absolute atomic E-state index is 0.102. The molecule has 2 aromatic carbocycles. The van der Waals surface area contributed by atoms with Gasteiger partial charge >= 0.3 is 0 Å². The van der Waals surface area contributed by atoms with Crippen molar-refractivity contribution >= 4 is 17.7 Å². The van der Waals surface area contributed by atoms with E-state index in [0.29, 0.717) is 13.0 Å². The zero-order valence-electron chi connectivity index (χ0n) is 15.2. The van der Waals surface area contributed by atoms with Gasteiger partial charge in [-0.25, -0.2) is 4.39 Å². The van der Waals surface area contributed by atoms with Crippen molar-refractivity contribution in [2.75, 3.05) is 19.6 Å². The minimum Gasteiger partial charge on any atom is -0.342 e. The third-order valence-corrected chi connectivity index (χ3v) is 5.22. The molecule has 1 N–H and O–H groups in total. The van der Waals surface area contributed by atoms with E-state index in [0.717, 1.165) is 5.56 Å². The third kappa shape index (κ3) is 3.47. The number of nitrogens with zero attached hydrogens (tertiary/aromatic N) is 2. The zero-order valence-corrected chi connectivity index (χ0v) is 15.2. The van der Waals surface area contributed by atoms with Crippen LogP contribution in [0.5, 0.6) is 0 Å². The standard InChI is InChI=1S/C21H20FN3O3/c22-16-8-4-7-15(12-16)20(27)24-9-10-25-18(13-24)19(26)23-17(21(25)28)11-14-5-2-1-3-6-14/h1-8,12,17-18H,9-11,13H2,(H,23,26)/t17-,18-/m1/s1. The summed E-state index contributed by atoms with van der Waals surface area (Å²) in [4.78, 5) is 41.2.